The topological polar surface area (TPSA) is 59.1 Å². The van der Waals surface area contributed by atoms with Gasteiger partial charge in [0.15, 0.2) is 0 Å². The standard InChI is InChI=1S/C35H62N4O4/c1-24(40)42-32-21-26-9-10-27-28(35(26,4)23-31(32)37-15-19-39(7,8)20-16-37)11-12-34(3)29(27)22-30(33(34)43-25(2)41)36-13-17-38(5,6)18-14-36/h26-33H,9-23H2,1-8H3/q+2/t26-,27+,28-,29+,30+,31-,32-,33-,34-,35-/m0/s1. The molecule has 6 aliphatic rings. The highest BCUT2D eigenvalue weighted by atomic mass is 16.5. The van der Waals surface area contributed by atoms with Crippen molar-refractivity contribution in [2.45, 2.75) is 96.9 Å². The molecule has 0 amide bonds. The van der Waals surface area contributed by atoms with E-state index in [2.05, 4.69) is 51.8 Å². The largest absolute Gasteiger partial charge is 0.461 e. The minimum atomic E-state index is -0.123. The van der Waals surface area contributed by atoms with E-state index in [1.54, 1.807) is 13.8 Å². The fraction of sp³-hybridized carbons (Fsp3) is 0.943. The molecule has 0 unspecified atom stereocenters. The Hall–Kier alpha value is -1.22. The van der Waals surface area contributed by atoms with Crippen molar-refractivity contribution in [2.24, 2.45) is 34.5 Å². The van der Waals surface area contributed by atoms with Gasteiger partial charge in [-0.3, -0.25) is 19.4 Å². The highest BCUT2D eigenvalue weighted by Gasteiger charge is 2.65. The van der Waals surface area contributed by atoms with Crippen molar-refractivity contribution >= 4 is 11.9 Å². The molecule has 2 saturated heterocycles. The van der Waals surface area contributed by atoms with Gasteiger partial charge in [-0.05, 0) is 74.0 Å². The third-order valence-corrected chi connectivity index (χ3v) is 14.1. The summed E-state index contributed by atoms with van der Waals surface area (Å²) in [4.78, 5) is 30.2. The minimum absolute atomic E-state index is 0.00234. The van der Waals surface area contributed by atoms with Crippen LogP contribution in [0, 0.1) is 34.5 Å². The van der Waals surface area contributed by atoms with Gasteiger partial charge >= 0.3 is 11.9 Å². The molecule has 0 radical (unpaired) electrons. The number of hydrogen-bond acceptors (Lipinski definition) is 6. The van der Waals surface area contributed by atoms with Crippen molar-refractivity contribution in [3.05, 3.63) is 0 Å². The molecule has 2 heterocycles. The molecule has 0 bridgehead atoms. The van der Waals surface area contributed by atoms with E-state index in [1.165, 1.54) is 25.7 Å². The molecular weight excluding hydrogens is 540 g/mol. The second kappa shape index (κ2) is 11.2. The lowest BCUT2D eigenvalue weighted by atomic mass is 9.44. The number of rotatable bonds is 4. The van der Waals surface area contributed by atoms with Gasteiger partial charge in [0.1, 0.15) is 12.2 Å². The van der Waals surface area contributed by atoms with Gasteiger partial charge in [0.25, 0.3) is 0 Å². The smallest absolute Gasteiger partial charge is 0.302 e. The molecule has 0 aromatic heterocycles. The van der Waals surface area contributed by atoms with Crippen LogP contribution in [0.2, 0.25) is 0 Å². The quantitative estimate of drug-likeness (QED) is 0.362. The van der Waals surface area contributed by atoms with Crippen LogP contribution in [-0.2, 0) is 19.1 Å². The van der Waals surface area contributed by atoms with Crippen molar-refractivity contribution < 1.29 is 28.0 Å². The molecule has 244 valence electrons. The van der Waals surface area contributed by atoms with E-state index in [1.807, 2.05) is 0 Å². The Bertz CT molecular complexity index is 1060. The summed E-state index contributed by atoms with van der Waals surface area (Å²) in [5.74, 6) is 2.35. The van der Waals surface area contributed by atoms with Crippen LogP contribution in [0.1, 0.15) is 72.6 Å². The molecular formula is C35H62N4O4+2. The van der Waals surface area contributed by atoms with Crippen molar-refractivity contribution in [3.63, 3.8) is 0 Å². The Kier molecular flexibility index (Phi) is 8.30. The molecule has 0 N–H and O–H groups in total. The first kappa shape index (κ1) is 31.7. The number of carbonyl (C=O) groups excluding carboxylic acids is 2. The van der Waals surface area contributed by atoms with E-state index in [0.29, 0.717) is 35.8 Å². The van der Waals surface area contributed by atoms with Gasteiger partial charge in [-0.2, -0.15) is 0 Å². The number of carbonyl (C=O) groups is 2. The van der Waals surface area contributed by atoms with Gasteiger partial charge in [-0.1, -0.05) is 13.8 Å². The third kappa shape index (κ3) is 5.81. The zero-order valence-electron chi connectivity index (χ0n) is 28.6. The number of likely N-dealkylation sites (N-methyl/N-ethyl adjacent to an activating group) is 2. The molecule has 8 nitrogen and oxygen atoms in total. The number of ether oxygens (including phenoxy) is 2. The van der Waals surface area contributed by atoms with Gasteiger partial charge in [-0.15, -0.1) is 0 Å². The zero-order chi connectivity index (χ0) is 30.9. The molecule has 8 heteroatoms. The van der Waals surface area contributed by atoms with E-state index in [0.717, 1.165) is 80.6 Å². The summed E-state index contributed by atoms with van der Waals surface area (Å²) in [5, 5.41) is 0. The molecule has 2 aliphatic heterocycles. The highest BCUT2D eigenvalue weighted by Crippen LogP contribution is 2.67. The lowest BCUT2D eigenvalue weighted by Gasteiger charge is -2.62. The van der Waals surface area contributed by atoms with E-state index in [4.69, 9.17) is 9.47 Å². The summed E-state index contributed by atoms with van der Waals surface area (Å²) >= 11 is 0. The van der Waals surface area contributed by atoms with E-state index >= 15 is 0 Å². The van der Waals surface area contributed by atoms with Crippen molar-refractivity contribution in [1.82, 2.24) is 9.80 Å². The highest BCUT2D eigenvalue weighted by molar-refractivity contribution is 5.66. The molecule has 0 aromatic rings. The summed E-state index contributed by atoms with van der Waals surface area (Å²) in [7, 11) is 9.36. The summed E-state index contributed by atoms with van der Waals surface area (Å²) in [6.45, 7) is 17.3. The number of nitrogens with zero attached hydrogens (tertiary/aromatic N) is 4. The zero-order valence-corrected chi connectivity index (χ0v) is 28.6. The fourth-order valence-electron chi connectivity index (χ4n) is 11.4. The van der Waals surface area contributed by atoms with Gasteiger partial charge < -0.3 is 18.4 Å². The minimum Gasteiger partial charge on any atom is -0.461 e. The van der Waals surface area contributed by atoms with Gasteiger partial charge in [0, 0.05) is 57.5 Å². The molecule has 6 fully saturated rings. The third-order valence-electron chi connectivity index (χ3n) is 14.1. The lowest BCUT2D eigenvalue weighted by Crippen LogP contribution is -2.64. The van der Waals surface area contributed by atoms with Crippen LogP contribution >= 0.6 is 0 Å². The first-order chi connectivity index (χ1) is 20.1. The Labute approximate surface area is 261 Å². The Morgan fingerprint density at radius 2 is 1.26 bits per heavy atom. The average Bonchev–Trinajstić information content (AvgIpc) is 3.20. The number of piperazine rings is 2. The normalized spacial score (nSPS) is 46.2. The maximum atomic E-state index is 12.5. The van der Waals surface area contributed by atoms with E-state index in [9.17, 15) is 9.59 Å². The monoisotopic (exact) mass is 602 g/mol. The van der Waals surface area contributed by atoms with Crippen molar-refractivity contribution in [2.75, 3.05) is 80.5 Å². The van der Waals surface area contributed by atoms with E-state index in [-0.39, 0.29) is 35.0 Å². The SMILES string of the molecule is CC(=O)O[C@H]1C[C@@H]2CC[C@H]3[C@H]4C[C@@H](N5CC[N+](C)(C)CC5)[C@H](OC(C)=O)[C@@]4(C)CC[C@@H]3[C@@]2(C)C[C@@H]1N1CC[N+](C)(C)CC1. The summed E-state index contributed by atoms with van der Waals surface area (Å²) in [6, 6.07) is 0.656. The van der Waals surface area contributed by atoms with Crippen LogP contribution in [-0.4, -0.2) is 136 Å². The molecule has 43 heavy (non-hydrogen) atoms. The van der Waals surface area contributed by atoms with Crippen LogP contribution in [0.3, 0.4) is 0 Å². The molecule has 0 aromatic carbocycles. The molecule has 6 rings (SSSR count). The van der Waals surface area contributed by atoms with E-state index < -0.39 is 0 Å². The summed E-state index contributed by atoms with van der Waals surface area (Å²) in [5.41, 5.74) is 0.308. The van der Waals surface area contributed by atoms with Crippen LogP contribution in [0.25, 0.3) is 0 Å². The lowest BCUT2D eigenvalue weighted by molar-refractivity contribution is -0.894. The Morgan fingerprint density at radius 1 is 0.698 bits per heavy atom. The fourth-order valence-corrected chi connectivity index (χ4v) is 11.4. The number of quaternary nitrogens is 2. The second-order valence-corrected chi connectivity index (χ2v) is 17.5. The predicted molar refractivity (Wildman–Crippen MR) is 168 cm³/mol. The van der Waals surface area contributed by atoms with Crippen LogP contribution in [0.5, 0.6) is 0 Å². The maximum absolute atomic E-state index is 12.5. The number of hydrogen-bond donors (Lipinski definition) is 0. The molecule has 4 saturated carbocycles. The second-order valence-electron chi connectivity index (χ2n) is 17.5. The van der Waals surface area contributed by atoms with Crippen LogP contribution < -0.4 is 0 Å². The van der Waals surface area contributed by atoms with Crippen LogP contribution in [0.15, 0.2) is 0 Å². The first-order valence-corrected chi connectivity index (χ1v) is 17.6. The first-order valence-electron chi connectivity index (χ1n) is 17.6. The Morgan fingerprint density at radius 3 is 1.81 bits per heavy atom. The summed E-state index contributed by atoms with van der Waals surface area (Å²) in [6.07, 6.45) is 8.22. The van der Waals surface area contributed by atoms with Gasteiger partial charge in [-0.25, -0.2) is 0 Å². The number of esters is 2. The average molecular weight is 603 g/mol. The Balaban J connectivity index is 1.26. The van der Waals surface area contributed by atoms with Gasteiger partial charge in [0.2, 0.25) is 0 Å². The predicted octanol–water partition coefficient (Wildman–Crippen LogP) is 3.63. The molecule has 10 atom stereocenters. The van der Waals surface area contributed by atoms with Crippen LogP contribution in [0.4, 0.5) is 0 Å². The van der Waals surface area contributed by atoms with Crippen molar-refractivity contribution in [1.29, 1.82) is 0 Å². The molecule has 4 aliphatic carbocycles. The van der Waals surface area contributed by atoms with Crippen molar-refractivity contribution in [3.8, 4) is 0 Å². The van der Waals surface area contributed by atoms with Gasteiger partial charge in [0.05, 0.1) is 54.4 Å². The maximum Gasteiger partial charge on any atom is 0.302 e. The number of fused-ring (bicyclic) bond motifs is 5. The molecule has 0 spiro atoms. The summed E-state index contributed by atoms with van der Waals surface area (Å²) < 4.78 is 14.6.